The SMILES string of the molecule is COc1cc2nccc(Oc3ccc(NC(=O)c4cnc(C)c(-c5ccc(F)cc5)c4O)cc3F)c2nc1Oc1cccc(N2CCOCC2)c1. The van der Waals surface area contributed by atoms with Crippen LogP contribution in [0.4, 0.5) is 20.2 Å². The lowest BCUT2D eigenvalue weighted by molar-refractivity contribution is 0.102. The van der Waals surface area contributed by atoms with Crippen molar-refractivity contribution in [2.45, 2.75) is 6.92 Å². The summed E-state index contributed by atoms with van der Waals surface area (Å²) in [6, 6.07) is 20.2. The van der Waals surface area contributed by atoms with Crippen molar-refractivity contribution in [3.63, 3.8) is 0 Å². The second-order valence-corrected chi connectivity index (χ2v) is 11.6. The first-order valence-corrected chi connectivity index (χ1v) is 15.9. The van der Waals surface area contributed by atoms with Gasteiger partial charge in [0, 0.05) is 72.4 Å². The number of aromatic hydroxyl groups is 1. The number of nitrogens with zero attached hydrogens (tertiary/aromatic N) is 4. The number of aromatic nitrogens is 3. The molecule has 258 valence electrons. The van der Waals surface area contributed by atoms with Gasteiger partial charge in [-0.2, -0.15) is 0 Å². The van der Waals surface area contributed by atoms with Gasteiger partial charge in [-0.05, 0) is 48.9 Å². The highest BCUT2D eigenvalue weighted by Crippen LogP contribution is 2.38. The van der Waals surface area contributed by atoms with Gasteiger partial charge in [-0.25, -0.2) is 13.8 Å². The van der Waals surface area contributed by atoms with Gasteiger partial charge in [0.15, 0.2) is 23.1 Å². The number of amides is 1. The van der Waals surface area contributed by atoms with Crippen LogP contribution in [0.2, 0.25) is 0 Å². The van der Waals surface area contributed by atoms with E-state index in [0.717, 1.165) is 24.8 Å². The van der Waals surface area contributed by atoms with Crippen LogP contribution in [0.1, 0.15) is 16.1 Å². The Morgan fingerprint density at radius 1 is 0.922 bits per heavy atom. The number of anilines is 2. The van der Waals surface area contributed by atoms with E-state index in [9.17, 15) is 14.3 Å². The molecule has 1 saturated heterocycles. The second kappa shape index (κ2) is 14.3. The van der Waals surface area contributed by atoms with Crippen molar-refractivity contribution < 1.29 is 37.6 Å². The minimum atomic E-state index is -0.777. The molecule has 3 aromatic heterocycles. The molecule has 0 aliphatic carbocycles. The Bertz CT molecular complexity index is 2250. The third kappa shape index (κ3) is 7.05. The molecule has 0 radical (unpaired) electrons. The minimum Gasteiger partial charge on any atom is -0.506 e. The van der Waals surface area contributed by atoms with E-state index < -0.39 is 17.5 Å². The molecule has 51 heavy (non-hydrogen) atoms. The zero-order valence-electron chi connectivity index (χ0n) is 27.5. The number of benzene rings is 3. The lowest BCUT2D eigenvalue weighted by Crippen LogP contribution is -2.36. The van der Waals surface area contributed by atoms with E-state index in [1.54, 1.807) is 19.1 Å². The van der Waals surface area contributed by atoms with Gasteiger partial charge >= 0.3 is 0 Å². The van der Waals surface area contributed by atoms with E-state index in [-0.39, 0.29) is 39.9 Å². The Labute approximate surface area is 291 Å². The molecular weight excluding hydrogens is 660 g/mol. The summed E-state index contributed by atoms with van der Waals surface area (Å²) in [7, 11) is 1.50. The highest BCUT2D eigenvalue weighted by atomic mass is 19.1. The van der Waals surface area contributed by atoms with E-state index >= 15 is 4.39 Å². The first-order chi connectivity index (χ1) is 24.8. The number of pyridine rings is 3. The van der Waals surface area contributed by atoms with E-state index in [1.807, 2.05) is 24.3 Å². The van der Waals surface area contributed by atoms with Crippen molar-refractivity contribution in [3.8, 4) is 45.8 Å². The number of halogens is 2. The summed E-state index contributed by atoms with van der Waals surface area (Å²) >= 11 is 0. The highest BCUT2D eigenvalue weighted by molar-refractivity contribution is 6.07. The van der Waals surface area contributed by atoms with Gasteiger partial charge in [0.25, 0.3) is 11.8 Å². The van der Waals surface area contributed by atoms with Crippen molar-refractivity contribution >= 4 is 28.3 Å². The van der Waals surface area contributed by atoms with Crippen LogP contribution in [-0.2, 0) is 4.74 Å². The first kappa shape index (κ1) is 33.2. The van der Waals surface area contributed by atoms with E-state index in [0.29, 0.717) is 47.0 Å². The summed E-state index contributed by atoms with van der Waals surface area (Å²) in [5, 5.41) is 13.5. The maximum Gasteiger partial charge on any atom is 0.263 e. The minimum absolute atomic E-state index is 0.102. The monoisotopic (exact) mass is 691 g/mol. The van der Waals surface area contributed by atoms with Crippen LogP contribution in [0.15, 0.2) is 91.3 Å². The van der Waals surface area contributed by atoms with Crippen molar-refractivity contribution in [1.29, 1.82) is 0 Å². The fourth-order valence-corrected chi connectivity index (χ4v) is 5.69. The first-order valence-electron chi connectivity index (χ1n) is 15.9. The number of methoxy groups -OCH3 is 1. The molecule has 6 aromatic rings. The van der Waals surface area contributed by atoms with E-state index in [1.165, 1.54) is 55.9 Å². The van der Waals surface area contributed by atoms with Crippen molar-refractivity contribution in [2.75, 3.05) is 43.6 Å². The molecule has 1 fully saturated rings. The lowest BCUT2D eigenvalue weighted by atomic mass is 10.0. The predicted octanol–water partition coefficient (Wildman–Crippen LogP) is 7.67. The maximum absolute atomic E-state index is 15.5. The highest BCUT2D eigenvalue weighted by Gasteiger charge is 2.21. The van der Waals surface area contributed by atoms with Crippen molar-refractivity contribution in [3.05, 3.63) is 114 Å². The summed E-state index contributed by atoms with van der Waals surface area (Å²) < 4.78 is 52.1. The number of hydrogen-bond acceptors (Lipinski definition) is 10. The molecular formula is C38H31F2N5O6. The molecule has 1 aliphatic heterocycles. The van der Waals surface area contributed by atoms with Crippen LogP contribution >= 0.6 is 0 Å². The number of nitrogens with one attached hydrogen (secondary N) is 1. The zero-order chi connectivity index (χ0) is 35.5. The van der Waals surface area contributed by atoms with Gasteiger partial charge in [0.1, 0.15) is 28.4 Å². The van der Waals surface area contributed by atoms with Gasteiger partial charge in [-0.3, -0.25) is 14.8 Å². The molecule has 4 heterocycles. The third-order valence-electron chi connectivity index (χ3n) is 8.26. The van der Waals surface area contributed by atoms with Gasteiger partial charge in [-0.15, -0.1) is 0 Å². The molecule has 0 spiro atoms. The Balaban J connectivity index is 1.11. The standard InChI is InChI=1S/C38H31F2N5O6/c1-22-34(23-6-8-24(39)9-7-23)36(46)28(21-42-22)37(47)43-25-10-11-31(29(40)18-25)51-32-12-13-41-30-20-33(48-2)38(44-35(30)32)50-27-5-3-4-26(19-27)45-14-16-49-17-15-45/h3-13,18-21H,14-17H2,1-2H3,(H,42,46)(H,43,47). The summed E-state index contributed by atoms with van der Waals surface area (Å²) in [4.78, 5) is 28.6. The number of aryl methyl sites for hydroxylation is 1. The summed E-state index contributed by atoms with van der Waals surface area (Å²) in [6.07, 6.45) is 2.72. The number of rotatable bonds is 9. The number of carbonyl (C=O) groups excluding carboxylic acids is 1. The van der Waals surface area contributed by atoms with Gasteiger partial charge in [0.2, 0.25) is 0 Å². The fraction of sp³-hybridized carbons (Fsp3) is 0.158. The molecule has 13 heteroatoms. The zero-order valence-corrected chi connectivity index (χ0v) is 27.5. The molecule has 3 aromatic carbocycles. The maximum atomic E-state index is 15.5. The largest absolute Gasteiger partial charge is 0.506 e. The van der Waals surface area contributed by atoms with Gasteiger partial charge in [0.05, 0.1) is 25.8 Å². The third-order valence-corrected chi connectivity index (χ3v) is 8.26. The van der Waals surface area contributed by atoms with Gasteiger partial charge in [-0.1, -0.05) is 18.2 Å². The molecule has 11 nitrogen and oxygen atoms in total. The van der Waals surface area contributed by atoms with E-state index in [2.05, 4.69) is 25.2 Å². The Hall–Kier alpha value is -6.34. The van der Waals surface area contributed by atoms with Crippen LogP contribution in [0.5, 0.6) is 34.6 Å². The number of morpholine rings is 1. The Kier molecular flexibility index (Phi) is 9.27. The normalized spacial score (nSPS) is 12.8. The van der Waals surface area contributed by atoms with Crippen molar-refractivity contribution in [2.24, 2.45) is 0 Å². The molecule has 0 unspecified atom stereocenters. The topological polar surface area (TPSA) is 128 Å². The fourth-order valence-electron chi connectivity index (χ4n) is 5.69. The van der Waals surface area contributed by atoms with Crippen LogP contribution in [0, 0.1) is 18.6 Å². The molecule has 7 rings (SSSR count). The molecule has 0 atom stereocenters. The summed E-state index contributed by atoms with van der Waals surface area (Å²) in [5.41, 5.74) is 2.87. The number of ether oxygens (including phenoxy) is 4. The van der Waals surface area contributed by atoms with Crippen LogP contribution in [0.25, 0.3) is 22.2 Å². The van der Waals surface area contributed by atoms with Gasteiger partial charge < -0.3 is 34.3 Å². The van der Waals surface area contributed by atoms with Crippen LogP contribution < -0.4 is 24.4 Å². The second-order valence-electron chi connectivity index (χ2n) is 11.6. The van der Waals surface area contributed by atoms with Crippen LogP contribution in [-0.4, -0.2) is 59.4 Å². The smallest absolute Gasteiger partial charge is 0.263 e. The molecule has 1 aliphatic rings. The number of carbonyl (C=O) groups is 1. The molecule has 0 bridgehead atoms. The van der Waals surface area contributed by atoms with E-state index in [4.69, 9.17) is 18.9 Å². The Morgan fingerprint density at radius 2 is 1.73 bits per heavy atom. The molecule has 1 amide bonds. The number of hydrogen-bond donors (Lipinski definition) is 2. The number of fused-ring (bicyclic) bond motifs is 1. The average Bonchev–Trinajstić information content (AvgIpc) is 3.14. The average molecular weight is 692 g/mol. The molecule has 2 N–H and O–H groups in total. The van der Waals surface area contributed by atoms with Crippen molar-refractivity contribution in [1.82, 2.24) is 15.0 Å². The summed E-state index contributed by atoms with van der Waals surface area (Å²) in [5.74, 6) is -1.17. The quantitative estimate of drug-likeness (QED) is 0.156. The Morgan fingerprint density at radius 3 is 2.49 bits per heavy atom. The summed E-state index contributed by atoms with van der Waals surface area (Å²) in [6.45, 7) is 4.49. The lowest BCUT2D eigenvalue weighted by Gasteiger charge is -2.29. The van der Waals surface area contributed by atoms with Crippen LogP contribution in [0.3, 0.4) is 0 Å². The molecule has 0 saturated carbocycles. The predicted molar refractivity (Wildman–Crippen MR) is 186 cm³/mol.